The van der Waals surface area contributed by atoms with E-state index in [1.807, 2.05) is 0 Å². The molecule has 0 saturated carbocycles. The Bertz CT molecular complexity index is 170. The number of likely N-dealkylation sites (tertiary alicyclic amines) is 1. The Morgan fingerprint density at radius 2 is 2.12 bits per heavy atom. The van der Waals surface area contributed by atoms with Crippen LogP contribution in [0.3, 0.4) is 0 Å². The largest absolute Gasteiger partial charge is 0.314 e. The zero-order valence-corrected chi connectivity index (χ0v) is 11.5. The maximum Gasteiger partial charge on any atom is 0.00931 e. The van der Waals surface area contributed by atoms with Crippen molar-refractivity contribution in [1.82, 2.24) is 10.2 Å². The number of nitrogens with one attached hydrogen (secondary N) is 1. The van der Waals surface area contributed by atoms with Crippen molar-refractivity contribution in [1.29, 1.82) is 0 Å². The Kier molecular flexibility index (Phi) is 7.06. The summed E-state index contributed by atoms with van der Waals surface area (Å²) in [6.07, 6.45) is 8.17. The standard InChI is InChI=1S/C14H30N2/c1-4-13(15-6-3)9-7-11-16-12-8-10-14(16)5-2/h13-15H,4-12H2,1-3H3. The summed E-state index contributed by atoms with van der Waals surface area (Å²) in [6, 6.07) is 1.63. The van der Waals surface area contributed by atoms with Crippen LogP contribution in [-0.4, -0.2) is 36.6 Å². The third-order valence-electron chi connectivity index (χ3n) is 3.95. The second-order valence-corrected chi connectivity index (χ2v) is 5.05. The van der Waals surface area contributed by atoms with Gasteiger partial charge in [0.15, 0.2) is 0 Å². The van der Waals surface area contributed by atoms with E-state index in [9.17, 15) is 0 Å². The minimum Gasteiger partial charge on any atom is -0.314 e. The molecule has 0 aliphatic carbocycles. The van der Waals surface area contributed by atoms with Crippen LogP contribution < -0.4 is 5.32 Å². The lowest BCUT2D eigenvalue weighted by atomic mass is 10.1. The maximum atomic E-state index is 3.56. The quantitative estimate of drug-likeness (QED) is 0.684. The van der Waals surface area contributed by atoms with Crippen molar-refractivity contribution in [3.05, 3.63) is 0 Å². The third kappa shape index (κ3) is 4.42. The van der Waals surface area contributed by atoms with Gasteiger partial charge in [-0.15, -0.1) is 0 Å². The van der Waals surface area contributed by atoms with Gasteiger partial charge in [-0.3, -0.25) is 0 Å². The van der Waals surface area contributed by atoms with Gasteiger partial charge in [0.2, 0.25) is 0 Å². The highest BCUT2D eigenvalue weighted by molar-refractivity contribution is 4.78. The summed E-state index contributed by atoms with van der Waals surface area (Å²) in [5.41, 5.74) is 0. The van der Waals surface area contributed by atoms with Crippen molar-refractivity contribution >= 4 is 0 Å². The van der Waals surface area contributed by atoms with Gasteiger partial charge < -0.3 is 10.2 Å². The van der Waals surface area contributed by atoms with Crippen molar-refractivity contribution in [3.63, 3.8) is 0 Å². The Morgan fingerprint density at radius 1 is 1.31 bits per heavy atom. The minimum atomic E-state index is 0.743. The van der Waals surface area contributed by atoms with Crippen LogP contribution in [0.25, 0.3) is 0 Å². The molecular weight excluding hydrogens is 196 g/mol. The van der Waals surface area contributed by atoms with Crippen LogP contribution in [-0.2, 0) is 0 Å². The average Bonchev–Trinajstić information content (AvgIpc) is 2.75. The average molecular weight is 226 g/mol. The van der Waals surface area contributed by atoms with Crippen LogP contribution in [0.5, 0.6) is 0 Å². The predicted molar refractivity (Wildman–Crippen MR) is 71.9 cm³/mol. The molecule has 0 spiro atoms. The molecular formula is C14H30N2. The molecule has 2 nitrogen and oxygen atoms in total. The monoisotopic (exact) mass is 226 g/mol. The molecule has 0 aromatic rings. The summed E-state index contributed by atoms with van der Waals surface area (Å²) in [4.78, 5) is 2.71. The zero-order valence-electron chi connectivity index (χ0n) is 11.5. The summed E-state index contributed by atoms with van der Waals surface area (Å²) < 4.78 is 0. The Hall–Kier alpha value is -0.0800. The number of nitrogens with zero attached hydrogens (tertiary/aromatic N) is 1. The van der Waals surface area contributed by atoms with Gasteiger partial charge in [-0.2, -0.15) is 0 Å². The van der Waals surface area contributed by atoms with Gasteiger partial charge in [0.1, 0.15) is 0 Å². The van der Waals surface area contributed by atoms with Crippen molar-refractivity contribution in [2.24, 2.45) is 0 Å². The fourth-order valence-corrected chi connectivity index (χ4v) is 2.93. The molecule has 0 bridgehead atoms. The number of rotatable bonds is 8. The summed E-state index contributed by atoms with van der Waals surface area (Å²) in [5, 5.41) is 3.56. The van der Waals surface area contributed by atoms with Crippen molar-refractivity contribution in [3.8, 4) is 0 Å². The maximum absolute atomic E-state index is 3.56. The van der Waals surface area contributed by atoms with E-state index in [1.54, 1.807) is 0 Å². The first kappa shape index (κ1) is 14.0. The fraction of sp³-hybridized carbons (Fsp3) is 1.00. The topological polar surface area (TPSA) is 15.3 Å². The van der Waals surface area contributed by atoms with Crippen molar-refractivity contribution in [2.45, 2.75) is 71.4 Å². The highest BCUT2D eigenvalue weighted by atomic mass is 15.2. The minimum absolute atomic E-state index is 0.743. The molecule has 1 heterocycles. The van der Waals surface area contributed by atoms with Crippen LogP contribution in [0.2, 0.25) is 0 Å². The van der Waals surface area contributed by atoms with E-state index >= 15 is 0 Å². The molecule has 1 fully saturated rings. The van der Waals surface area contributed by atoms with E-state index in [0.29, 0.717) is 0 Å². The van der Waals surface area contributed by atoms with Gasteiger partial charge in [0, 0.05) is 12.1 Å². The first-order chi connectivity index (χ1) is 7.81. The first-order valence-corrected chi connectivity index (χ1v) is 7.29. The van der Waals surface area contributed by atoms with E-state index in [1.165, 1.54) is 51.6 Å². The van der Waals surface area contributed by atoms with Gasteiger partial charge in [-0.05, 0) is 58.2 Å². The lowest BCUT2D eigenvalue weighted by Gasteiger charge is -2.24. The second-order valence-electron chi connectivity index (χ2n) is 5.05. The van der Waals surface area contributed by atoms with Gasteiger partial charge in [-0.25, -0.2) is 0 Å². The Morgan fingerprint density at radius 3 is 2.75 bits per heavy atom. The summed E-state index contributed by atoms with van der Waals surface area (Å²) in [5.74, 6) is 0. The van der Waals surface area contributed by atoms with E-state index < -0.39 is 0 Å². The molecule has 2 unspecified atom stereocenters. The Balaban J connectivity index is 2.13. The first-order valence-electron chi connectivity index (χ1n) is 7.29. The number of hydrogen-bond donors (Lipinski definition) is 1. The number of hydrogen-bond acceptors (Lipinski definition) is 2. The van der Waals surface area contributed by atoms with E-state index in [4.69, 9.17) is 0 Å². The van der Waals surface area contributed by atoms with Gasteiger partial charge in [0.05, 0.1) is 0 Å². The van der Waals surface area contributed by atoms with Crippen molar-refractivity contribution in [2.75, 3.05) is 19.6 Å². The second kappa shape index (κ2) is 8.08. The van der Waals surface area contributed by atoms with Crippen LogP contribution in [0.15, 0.2) is 0 Å². The van der Waals surface area contributed by atoms with E-state index in [2.05, 4.69) is 31.0 Å². The van der Waals surface area contributed by atoms with E-state index in [0.717, 1.165) is 18.6 Å². The highest BCUT2D eigenvalue weighted by Crippen LogP contribution is 2.20. The van der Waals surface area contributed by atoms with Gasteiger partial charge in [-0.1, -0.05) is 20.8 Å². The third-order valence-corrected chi connectivity index (χ3v) is 3.95. The molecule has 2 atom stereocenters. The fourth-order valence-electron chi connectivity index (χ4n) is 2.93. The molecule has 1 N–H and O–H groups in total. The molecule has 0 aromatic carbocycles. The molecule has 0 amide bonds. The normalized spacial score (nSPS) is 23.8. The summed E-state index contributed by atoms with van der Waals surface area (Å²) >= 11 is 0. The summed E-state index contributed by atoms with van der Waals surface area (Å²) in [6.45, 7) is 10.6. The molecule has 16 heavy (non-hydrogen) atoms. The van der Waals surface area contributed by atoms with Gasteiger partial charge in [0.25, 0.3) is 0 Å². The smallest absolute Gasteiger partial charge is 0.00931 e. The zero-order chi connectivity index (χ0) is 11.8. The molecule has 0 aromatic heterocycles. The summed E-state index contributed by atoms with van der Waals surface area (Å²) in [7, 11) is 0. The highest BCUT2D eigenvalue weighted by Gasteiger charge is 2.21. The lowest BCUT2D eigenvalue weighted by molar-refractivity contribution is 0.239. The molecule has 1 aliphatic rings. The molecule has 1 aliphatic heterocycles. The molecule has 1 rings (SSSR count). The molecule has 1 saturated heterocycles. The predicted octanol–water partition coefficient (Wildman–Crippen LogP) is 3.03. The van der Waals surface area contributed by atoms with Crippen molar-refractivity contribution < 1.29 is 0 Å². The van der Waals surface area contributed by atoms with Crippen LogP contribution in [0.4, 0.5) is 0 Å². The SMILES string of the molecule is CCNC(CC)CCCN1CCCC1CC. The van der Waals surface area contributed by atoms with Crippen LogP contribution >= 0.6 is 0 Å². The molecule has 96 valence electrons. The molecule has 0 radical (unpaired) electrons. The molecule has 2 heteroatoms. The van der Waals surface area contributed by atoms with Crippen LogP contribution in [0.1, 0.15) is 59.3 Å². The van der Waals surface area contributed by atoms with Crippen LogP contribution in [0, 0.1) is 0 Å². The van der Waals surface area contributed by atoms with E-state index in [-0.39, 0.29) is 0 Å². The Labute approximate surface area is 102 Å². The van der Waals surface area contributed by atoms with Gasteiger partial charge >= 0.3 is 0 Å². The lowest BCUT2D eigenvalue weighted by Crippen LogP contribution is -2.32.